The predicted octanol–water partition coefficient (Wildman–Crippen LogP) is 2.30. The molecule has 0 spiro atoms. The molecule has 0 radical (unpaired) electrons. The summed E-state index contributed by atoms with van der Waals surface area (Å²) in [6.07, 6.45) is -1.18. The van der Waals surface area contributed by atoms with E-state index in [9.17, 15) is 19.2 Å². The molecule has 0 saturated carbocycles. The van der Waals surface area contributed by atoms with E-state index >= 15 is 0 Å². The molecule has 29 heavy (non-hydrogen) atoms. The number of anilines is 1. The van der Waals surface area contributed by atoms with Crippen LogP contribution < -0.4 is 16.0 Å². The van der Waals surface area contributed by atoms with Crippen LogP contribution in [0.5, 0.6) is 0 Å². The second kappa shape index (κ2) is 9.24. The number of amides is 4. The van der Waals surface area contributed by atoms with Crippen molar-refractivity contribution in [1.29, 1.82) is 0 Å². The van der Waals surface area contributed by atoms with Crippen molar-refractivity contribution >= 4 is 41.3 Å². The van der Waals surface area contributed by atoms with Crippen molar-refractivity contribution in [2.24, 2.45) is 0 Å². The summed E-state index contributed by atoms with van der Waals surface area (Å²) in [6, 6.07) is 13.3. The topological polar surface area (TPSA) is 114 Å². The van der Waals surface area contributed by atoms with Crippen LogP contribution in [0.1, 0.15) is 22.8 Å². The largest absolute Gasteiger partial charge is 0.449 e. The van der Waals surface area contributed by atoms with E-state index in [1.807, 2.05) is 30.3 Å². The molecule has 9 heteroatoms. The van der Waals surface area contributed by atoms with Gasteiger partial charge in [-0.15, -0.1) is 11.8 Å². The van der Waals surface area contributed by atoms with Crippen molar-refractivity contribution in [3.63, 3.8) is 0 Å². The van der Waals surface area contributed by atoms with Crippen LogP contribution in [0.4, 0.5) is 10.5 Å². The average Bonchev–Trinajstić information content (AvgIpc) is 2.72. The number of rotatable bonds is 5. The lowest BCUT2D eigenvalue weighted by atomic mass is 10.2. The van der Waals surface area contributed by atoms with Gasteiger partial charge in [0.05, 0.1) is 17.0 Å². The Morgan fingerprint density at radius 2 is 1.93 bits per heavy atom. The van der Waals surface area contributed by atoms with Gasteiger partial charge in [0.2, 0.25) is 5.91 Å². The van der Waals surface area contributed by atoms with Gasteiger partial charge in [-0.3, -0.25) is 14.9 Å². The number of ether oxygens (including phenoxy) is 1. The number of esters is 1. The lowest BCUT2D eigenvalue weighted by molar-refractivity contribution is -0.127. The second-order valence-electron chi connectivity index (χ2n) is 6.25. The Hall–Kier alpha value is -3.33. The molecule has 0 aromatic heterocycles. The predicted molar refractivity (Wildman–Crippen MR) is 107 cm³/mol. The number of nitrogens with one attached hydrogen (secondary N) is 3. The minimum Gasteiger partial charge on any atom is -0.449 e. The van der Waals surface area contributed by atoms with E-state index in [2.05, 4.69) is 16.0 Å². The summed E-state index contributed by atoms with van der Waals surface area (Å²) in [7, 11) is 0. The summed E-state index contributed by atoms with van der Waals surface area (Å²) < 4.78 is 5.13. The van der Waals surface area contributed by atoms with Crippen molar-refractivity contribution in [1.82, 2.24) is 10.6 Å². The number of hydrogen-bond donors (Lipinski definition) is 3. The number of urea groups is 1. The monoisotopic (exact) mass is 413 g/mol. The highest BCUT2D eigenvalue weighted by Crippen LogP contribution is 2.32. The summed E-state index contributed by atoms with van der Waals surface area (Å²) in [6.45, 7) is 1.63. The number of fused-ring (bicyclic) bond motifs is 1. The lowest BCUT2D eigenvalue weighted by Gasteiger charge is -2.17. The van der Waals surface area contributed by atoms with Crippen LogP contribution in [-0.4, -0.2) is 35.7 Å². The molecule has 3 rings (SSSR count). The van der Waals surface area contributed by atoms with Gasteiger partial charge in [-0.25, -0.2) is 9.59 Å². The van der Waals surface area contributed by atoms with Gasteiger partial charge in [-0.05, 0) is 30.7 Å². The molecule has 150 valence electrons. The van der Waals surface area contributed by atoms with E-state index in [4.69, 9.17) is 4.74 Å². The second-order valence-corrected chi connectivity index (χ2v) is 7.27. The summed E-state index contributed by atoms with van der Waals surface area (Å²) >= 11 is 1.37. The molecular weight excluding hydrogens is 394 g/mol. The van der Waals surface area contributed by atoms with Crippen molar-refractivity contribution < 1.29 is 23.9 Å². The first-order valence-corrected chi connectivity index (χ1v) is 9.81. The Kier molecular flexibility index (Phi) is 6.50. The van der Waals surface area contributed by atoms with Crippen LogP contribution in [0, 0.1) is 0 Å². The van der Waals surface area contributed by atoms with Gasteiger partial charge >= 0.3 is 12.0 Å². The van der Waals surface area contributed by atoms with Crippen LogP contribution in [0.3, 0.4) is 0 Å². The van der Waals surface area contributed by atoms with Gasteiger partial charge in [0.1, 0.15) is 0 Å². The maximum atomic E-state index is 12.3. The smallest absolute Gasteiger partial charge is 0.338 e. The summed E-state index contributed by atoms with van der Waals surface area (Å²) in [4.78, 5) is 48.6. The minimum absolute atomic E-state index is 0.151. The zero-order valence-electron chi connectivity index (χ0n) is 15.6. The molecule has 8 nitrogen and oxygen atoms in total. The van der Waals surface area contributed by atoms with Crippen molar-refractivity contribution in [2.45, 2.75) is 24.5 Å². The average molecular weight is 413 g/mol. The number of thioether (sulfide) groups is 1. The zero-order valence-corrected chi connectivity index (χ0v) is 16.4. The first-order valence-electron chi connectivity index (χ1n) is 8.82. The van der Waals surface area contributed by atoms with E-state index in [1.54, 1.807) is 12.1 Å². The molecule has 1 aliphatic rings. The zero-order chi connectivity index (χ0) is 20.8. The molecule has 0 saturated heterocycles. The highest BCUT2D eigenvalue weighted by molar-refractivity contribution is 8.00. The van der Waals surface area contributed by atoms with E-state index in [0.29, 0.717) is 11.4 Å². The Balaban J connectivity index is 1.51. The first kappa shape index (κ1) is 20.4. The molecule has 0 fully saturated rings. The Bertz CT molecular complexity index is 948. The third-order valence-electron chi connectivity index (χ3n) is 4.03. The van der Waals surface area contributed by atoms with E-state index in [-0.39, 0.29) is 18.0 Å². The molecular formula is C20H19N3O5S. The Labute approximate surface area is 171 Å². The lowest BCUT2D eigenvalue weighted by Crippen LogP contribution is -2.44. The van der Waals surface area contributed by atoms with Crippen molar-refractivity contribution in [3.8, 4) is 0 Å². The van der Waals surface area contributed by atoms with Crippen molar-refractivity contribution in [2.75, 3.05) is 11.1 Å². The van der Waals surface area contributed by atoms with Gasteiger partial charge in [0, 0.05) is 11.4 Å². The van der Waals surface area contributed by atoms with Crippen LogP contribution in [0.2, 0.25) is 0 Å². The van der Waals surface area contributed by atoms with Gasteiger partial charge < -0.3 is 15.4 Å². The maximum absolute atomic E-state index is 12.3. The van der Waals surface area contributed by atoms with E-state index in [0.717, 1.165) is 10.5 Å². The summed E-state index contributed by atoms with van der Waals surface area (Å²) in [5.74, 6) is -1.31. The molecule has 4 amide bonds. The van der Waals surface area contributed by atoms with Crippen LogP contribution in [0.15, 0.2) is 53.4 Å². The molecule has 1 aliphatic heterocycles. The van der Waals surface area contributed by atoms with Crippen LogP contribution in [0.25, 0.3) is 0 Å². The maximum Gasteiger partial charge on any atom is 0.338 e. The van der Waals surface area contributed by atoms with Gasteiger partial charge in [0.15, 0.2) is 6.10 Å². The first-order chi connectivity index (χ1) is 13.9. The molecule has 2 aromatic rings. The number of carbonyl (C=O) groups excluding carboxylic acids is 4. The van der Waals surface area contributed by atoms with Gasteiger partial charge in [-0.2, -0.15) is 0 Å². The SMILES string of the molecule is CC(OC(=O)c1ccc2c(c1)NC(=O)CS2)C(=O)NC(=O)NCc1ccccc1. The number of benzene rings is 2. The van der Waals surface area contributed by atoms with E-state index in [1.165, 1.54) is 24.8 Å². The van der Waals surface area contributed by atoms with E-state index < -0.39 is 24.0 Å². The van der Waals surface area contributed by atoms with Crippen molar-refractivity contribution in [3.05, 3.63) is 59.7 Å². The quantitative estimate of drug-likeness (QED) is 0.648. The third kappa shape index (κ3) is 5.58. The fraction of sp³-hybridized carbons (Fsp3) is 0.200. The highest BCUT2D eigenvalue weighted by Gasteiger charge is 2.22. The van der Waals surface area contributed by atoms with Crippen LogP contribution in [-0.2, 0) is 20.9 Å². The van der Waals surface area contributed by atoms with Gasteiger partial charge in [-0.1, -0.05) is 30.3 Å². The fourth-order valence-electron chi connectivity index (χ4n) is 2.53. The summed E-state index contributed by atoms with van der Waals surface area (Å²) in [5, 5.41) is 7.38. The number of imide groups is 1. The molecule has 1 atom stereocenters. The summed E-state index contributed by atoms with van der Waals surface area (Å²) in [5.41, 5.74) is 1.60. The number of hydrogen-bond acceptors (Lipinski definition) is 6. The fourth-order valence-corrected chi connectivity index (χ4v) is 3.32. The molecule has 1 heterocycles. The standard InChI is InChI=1S/C20H19N3O5S/c1-12(18(25)23-20(27)21-10-13-5-3-2-4-6-13)28-19(26)14-7-8-16-15(9-14)22-17(24)11-29-16/h2-9,12H,10-11H2,1H3,(H,22,24)(H2,21,23,25,27). The molecule has 3 N–H and O–H groups in total. The van der Waals surface area contributed by atoms with Crippen LogP contribution >= 0.6 is 11.8 Å². The Morgan fingerprint density at radius 1 is 1.17 bits per heavy atom. The minimum atomic E-state index is -1.18. The normalized spacial score (nSPS) is 13.5. The molecule has 2 aromatic carbocycles. The molecule has 0 aliphatic carbocycles. The number of carbonyl (C=O) groups is 4. The molecule has 0 bridgehead atoms. The third-order valence-corrected chi connectivity index (χ3v) is 5.11. The Morgan fingerprint density at radius 3 is 2.69 bits per heavy atom. The highest BCUT2D eigenvalue weighted by atomic mass is 32.2. The van der Waals surface area contributed by atoms with Gasteiger partial charge in [0.25, 0.3) is 5.91 Å². The molecule has 1 unspecified atom stereocenters.